The predicted octanol–water partition coefficient (Wildman–Crippen LogP) is -2.24. The van der Waals surface area contributed by atoms with Gasteiger partial charge in [-0.25, -0.2) is 0 Å². The highest BCUT2D eigenvalue weighted by Gasteiger charge is 2.01. The molecule has 1 aliphatic rings. The Morgan fingerprint density at radius 3 is 1.90 bits per heavy atom. The van der Waals surface area contributed by atoms with Crippen molar-refractivity contribution in [3.8, 4) is 0 Å². The molecule has 1 aliphatic heterocycles. The summed E-state index contributed by atoms with van der Waals surface area (Å²) in [6.45, 7) is 4.74. The third-order valence-corrected chi connectivity index (χ3v) is 1.34. The highest BCUT2D eigenvalue weighted by Crippen LogP contribution is 1.82. The molecule has 0 atom stereocenters. The molecular formula is C5H15BN2O2. The van der Waals surface area contributed by atoms with Gasteiger partial charge in [0, 0.05) is 26.2 Å². The molecule has 4 nitrogen and oxygen atoms in total. The van der Waals surface area contributed by atoms with Crippen molar-refractivity contribution in [1.82, 2.24) is 10.2 Å². The van der Waals surface area contributed by atoms with Crippen molar-refractivity contribution < 1.29 is 10.0 Å². The SMILES string of the molecule is CN1CCNCC1.OBO. The molecule has 0 amide bonds. The molecule has 0 aromatic rings. The van der Waals surface area contributed by atoms with Crippen LogP contribution in [0.1, 0.15) is 0 Å². The summed E-state index contributed by atoms with van der Waals surface area (Å²) in [6, 6.07) is 0. The second-order valence-electron chi connectivity index (χ2n) is 2.19. The van der Waals surface area contributed by atoms with Gasteiger partial charge in [-0.3, -0.25) is 0 Å². The smallest absolute Gasteiger partial charge is 0.430 e. The highest BCUT2D eigenvalue weighted by atomic mass is 16.4. The average Bonchev–Trinajstić information content (AvgIpc) is 1.91. The molecule has 1 heterocycles. The quantitative estimate of drug-likeness (QED) is 0.338. The third-order valence-electron chi connectivity index (χ3n) is 1.34. The molecule has 0 aromatic heterocycles. The average molecular weight is 146 g/mol. The summed E-state index contributed by atoms with van der Waals surface area (Å²) in [5, 5.41) is 17.5. The second-order valence-corrected chi connectivity index (χ2v) is 2.19. The predicted molar refractivity (Wildman–Crippen MR) is 42.0 cm³/mol. The first-order valence-electron chi connectivity index (χ1n) is 3.42. The molecule has 5 heteroatoms. The van der Waals surface area contributed by atoms with E-state index in [1.807, 2.05) is 0 Å². The molecule has 0 spiro atoms. The second kappa shape index (κ2) is 7.02. The zero-order valence-electron chi connectivity index (χ0n) is 6.38. The standard InChI is InChI=1S/C5H12N2.BH3O2/c1-7-4-2-6-3-5-7;2-1-3/h6H,2-5H2,1H3;1-3H. The molecule has 0 unspecified atom stereocenters. The summed E-state index contributed by atoms with van der Waals surface area (Å²) in [7, 11) is 1.40. The van der Waals surface area contributed by atoms with Crippen LogP contribution in [-0.4, -0.2) is 55.9 Å². The Labute approximate surface area is 62.2 Å². The van der Waals surface area contributed by atoms with Crippen molar-refractivity contribution in [3.05, 3.63) is 0 Å². The van der Waals surface area contributed by atoms with Gasteiger partial charge in [-0.2, -0.15) is 0 Å². The molecule has 3 N–H and O–H groups in total. The maximum atomic E-state index is 7.12. The van der Waals surface area contributed by atoms with Gasteiger partial charge in [-0.05, 0) is 7.05 Å². The lowest BCUT2D eigenvalue weighted by Gasteiger charge is -2.21. The molecule has 1 fully saturated rings. The van der Waals surface area contributed by atoms with Crippen LogP contribution in [0.25, 0.3) is 0 Å². The molecule has 0 saturated carbocycles. The van der Waals surface area contributed by atoms with Crippen LogP contribution < -0.4 is 5.32 Å². The van der Waals surface area contributed by atoms with Crippen LogP contribution in [0.5, 0.6) is 0 Å². The first-order chi connectivity index (χ1) is 4.81. The summed E-state index contributed by atoms with van der Waals surface area (Å²) < 4.78 is 0. The van der Waals surface area contributed by atoms with Crippen LogP contribution in [-0.2, 0) is 0 Å². The van der Waals surface area contributed by atoms with Gasteiger partial charge in [0.15, 0.2) is 0 Å². The summed E-state index contributed by atoms with van der Waals surface area (Å²) in [4.78, 5) is 2.33. The molecule has 0 radical (unpaired) electrons. The minimum Gasteiger partial charge on any atom is -0.430 e. The number of hydrogen-bond acceptors (Lipinski definition) is 4. The largest absolute Gasteiger partial charge is 0.432 e. The van der Waals surface area contributed by atoms with Crippen molar-refractivity contribution in [3.63, 3.8) is 0 Å². The van der Waals surface area contributed by atoms with Crippen molar-refractivity contribution in [1.29, 1.82) is 0 Å². The van der Waals surface area contributed by atoms with Crippen LogP contribution in [0, 0.1) is 0 Å². The first kappa shape index (κ1) is 9.90. The lowest BCUT2D eigenvalue weighted by Crippen LogP contribution is -2.40. The molecule has 0 aliphatic carbocycles. The van der Waals surface area contributed by atoms with E-state index >= 15 is 0 Å². The lowest BCUT2D eigenvalue weighted by molar-refractivity contribution is 0.291. The van der Waals surface area contributed by atoms with E-state index in [1.165, 1.54) is 13.1 Å². The van der Waals surface area contributed by atoms with Crippen LogP contribution in [0.2, 0.25) is 0 Å². The Bertz CT molecular complexity index is 68.7. The van der Waals surface area contributed by atoms with E-state index in [9.17, 15) is 0 Å². The summed E-state index contributed by atoms with van der Waals surface area (Å²) in [5.74, 6) is 0. The summed E-state index contributed by atoms with van der Waals surface area (Å²) in [6.07, 6.45) is 0. The van der Waals surface area contributed by atoms with Crippen LogP contribution in [0.15, 0.2) is 0 Å². The fourth-order valence-electron chi connectivity index (χ4n) is 0.777. The Morgan fingerprint density at radius 1 is 1.30 bits per heavy atom. The Hall–Kier alpha value is -0.0951. The number of likely N-dealkylation sites (N-methyl/N-ethyl adjacent to an activating group) is 1. The first-order valence-corrected chi connectivity index (χ1v) is 3.42. The number of nitrogens with one attached hydrogen (secondary N) is 1. The normalized spacial score (nSPS) is 19.1. The van der Waals surface area contributed by atoms with E-state index in [-0.39, 0.29) is 0 Å². The third kappa shape index (κ3) is 6.03. The maximum absolute atomic E-state index is 7.12. The van der Waals surface area contributed by atoms with Crippen LogP contribution in [0.4, 0.5) is 0 Å². The zero-order chi connectivity index (χ0) is 7.82. The van der Waals surface area contributed by atoms with Gasteiger partial charge in [-0.1, -0.05) is 0 Å². The van der Waals surface area contributed by atoms with Crippen molar-refractivity contribution >= 4 is 7.69 Å². The topological polar surface area (TPSA) is 55.7 Å². The fourth-order valence-corrected chi connectivity index (χ4v) is 0.777. The molecule has 10 heavy (non-hydrogen) atoms. The van der Waals surface area contributed by atoms with Crippen molar-refractivity contribution in [2.24, 2.45) is 0 Å². The Morgan fingerprint density at radius 2 is 1.70 bits per heavy atom. The zero-order valence-corrected chi connectivity index (χ0v) is 6.38. The van der Waals surface area contributed by atoms with E-state index < -0.39 is 7.69 Å². The molecule has 1 saturated heterocycles. The number of piperazine rings is 1. The van der Waals surface area contributed by atoms with Gasteiger partial charge in [0.05, 0.1) is 0 Å². The summed E-state index contributed by atoms with van der Waals surface area (Å²) in [5.41, 5.74) is 0. The van der Waals surface area contributed by atoms with E-state index in [1.54, 1.807) is 0 Å². The minimum absolute atomic E-state index is 0.750. The van der Waals surface area contributed by atoms with E-state index in [0.717, 1.165) is 13.1 Å². The monoisotopic (exact) mass is 146 g/mol. The van der Waals surface area contributed by atoms with Gasteiger partial charge in [-0.15, -0.1) is 0 Å². The molecule has 0 aromatic carbocycles. The Balaban J connectivity index is 0.000000236. The van der Waals surface area contributed by atoms with Gasteiger partial charge < -0.3 is 20.3 Å². The fraction of sp³-hybridized carbons (Fsp3) is 1.00. The summed E-state index contributed by atoms with van der Waals surface area (Å²) >= 11 is 0. The van der Waals surface area contributed by atoms with E-state index in [4.69, 9.17) is 10.0 Å². The number of rotatable bonds is 0. The van der Waals surface area contributed by atoms with Gasteiger partial charge in [0.1, 0.15) is 0 Å². The van der Waals surface area contributed by atoms with Gasteiger partial charge >= 0.3 is 7.69 Å². The van der Waals surface area contributed by atoms with Gasteiger partial charge in [0.2, 0.25) is 0 Å². The Kier molecular flexibility index (Phi) is 6.95. The van der Waals surface area contributed by atoms with Crippen LogP contribution >= 0.6 is 0 Å². The molecule has 0 bridgehead atoms. The minimum atomic E-state index is -0.750. The van der Waals surface area contributed by atoms with E-state index in [0.29, 0.717) is 0 Å². The van der Waals surface area contributed by atoms with Crippen molar-refractivity contribution in [2.45, 2.75) is 0 Å². The molecular weight excluding hydrogens is 131 g/mol. The molecule has 1 rings (SSSR count). The van der Waals surface area contributed by atoms with E-state index in [2.05, 4.69) is 17.3 Å². The number of hydrogen-bond donors (Lipinski definition) is 3. The maximum Gasteiger partial charge on any atom is 0.432 e. The molecule has 60 valence electrons. The van der Waals surface area contributed by atoms with Crippen LogP contribution in [0.3, 0.4) is 0 Å². The van der Waals surface area contributed by atoms with Crippen molar-refractivity contribution in [2.75, 3.05) is 33.2 Å². The van der Waals surface area contributed by atoms with Gasteiger partial charge in [0.25, 0.3) is 0 Å². The number of nitrogens with zero attached hydrogens (tertiary/aromatic N) is 1. The highest BCUT2D eigenvalue weighted by molar-refractivity contribution is 6.13. The lowest BCUT2D eigenvalue weighted by atomic mass is 10.4.